The molecule has 30 heavy (non-hydrogen) atoms. The van der Waals surface area contributed by atoms with Crippen molar-refractivity contribution in [2.75, 3.05) is 6.61 Å². The first-order chi connectivity index (χ1) is 14.3. The first kappa shape index (κ1) is 23.7. The van der Waals surface area contributed by atoms with Gasteiger partial charge < -0.3 is 15.0 Å². The third kappa shape index (κ3) is 6.77. The van der Waals surface area contributed by atoms with Crippen molar-refractivity contribution in [1.82, 2.24) is 10.2 Å². The number of para-hydroxylation sites is 1. The number of halogens is 1. The van der Waals surface area contributed by atoms with Gasteiger partial charge in [0, 0.05) is 12.6 Å². The van der Waals surface area contributed by atoms with Crippen LogP contribution < -0.4 is 10.1 Å². The van der Waals surface area contributed by atoms with E-state index in [-0.39, 0.29) is 24.5 Å². The number of aryl methyl sites for hydroxylation is 1. The second kappa shape index (κ2) is 11.6. The third-order valence-corrected chi connectivity index (χ3v) is 5.36. The van der Waals surface area contributed by atoms with Crippen LogP contribution in [0.25, 0.3) is 0 Å². The fourth-order valence-corrected chi connectivity index (χ4v) is 3.23. The number of nitrogens with zero attached hydrogens (tertiary/aromatic N) is 1. The largest absolute Gasteiger partial charge is 0.482 e. The molecule has 0 fully saturated rings. The lowest BCUT2D eigenvalue weighted by Crippen LogP contribution is -2.51. The van der Waals surface area contributed by atoms with Crippen molar-refractivity contribution in [3.63, 3.8) is 0 Å². The van der Waals surface area contributed by atoms with E-state index in [1.165, 1.54) is 0 Å². The maximum absolute atomic E-state index is 13.1. The van der Waals surface area contributed by atoms with E-state index in [0.717, 1.165) is 17.5 Å². The zero-order chi connectivity index (χ0) is 22.1. The number of carbonyl (C=O) groups excluding carboxylic acids is 2. The number of carbonyl (C=O) groups is 2. The Morgan fingerprint density at radius 1 is 1.07 bits per heavy atom. The summed E-state index contributed by atoms with van der Waals surface area (Å²) < 4.78 is 5.66. The fourth-order valence-electron chi connectivity index (χ4n) is 3.03. The van der Waals surface area contributed by atoms with E-state index in [0.29, 0.717) is 23.7 Å². The number of hydrogen-bond acceptors (Lipinski definition) is 3. The second-order valence-corrected chi connectivity index (χ2v) is 7.88. The topological polar surface area (TPSA) is 58.6 Å². The van der Waals surface area contributed by atoms with Gasteiger partial charge in [-0.25, -0.2) is 0 Å². The van der Waals surface area contributed by atoms with Crippen LogP contribution in [0.5, 0.6) is 5.75 Å². The minimum atomic E-state index is -0.581. The van der Waals surface area contributed by atoms with Crippen LogP contribution in [0.1, 0.15) is 44.7 Å². The van der Waals surface area contributed by atoms with Crippen LogP contribution in [0, 0.1) is 6.92 Å². The van der Waals surface area contributed by atoms with Crippen molar-refractivity contribution >= 4 is 23.4 Å². The van der Waals surface area contributed by atoms with Crippen LogP contribution >= 0.6 is 11.6 Å². The Balaban J connectivity index is 2.21. The van der Waals surface area contributed by atoms with Gasteiger partial charge in [0.25, 0.3) is 5.91 Å². The van der Waals surface area contributed by atoms with Crippen molar-refractivity contribution in [3.05, 3.63) is 64.7 Å². The molecule has 1 N–H and O–H groups in total. The molecule has 2 aromatic carbocycles. The molecular formula is C24H31ClN2O3. The molecule has 6 heteroatoms. The standard InChI is InChI=1S/C24H31ClN2O3/c1-5-18(4)26-24(29)21(6-2)27(15-19-13-11-17(3)12-14-19)23(28)16-30-22-10-8-7-9-20(22)25/h7-14,18,21H,5-6,15-16H2,1-4H3,(H,26,29)/t18-,21+/m0/s1. The highest BCUT2D eigenvalue weighted by molar-refractivity contribution is 6.32. The molecule has 2 rings (SSSR count). The number of nitrogens with one attached hydrogen (secondary N) is 1. The second-order valence-electron chi connectivity index (χ2n) is 7.47. The molecule has 0 bridgehead atoms. The minimum Gasteiger partial charge on any atom is -0.482 e. The van der Waals surface area contributed by atoms with Gasteiger partial charge in [0.1, 0.15) is 11.8 Å². The molecule has 0 saturated heterocycles. The number of hydrogen-bond donors (Lipinski definition) is 1. The summed E-state index contributed by atoms with van der Waals surface area (Å²) in [6.45, 7) is 8.03. The normalized spacial score (nSPS) is 12.7. The summed E-state index contributed by atoms with van der Waals surface area (Å²) in [5.74, 6) is 0.0339. The van der Waals surface area contributed by atoms with Crippen molar-refractivity contribution in [1.29, 1.82) is 0 Å². The molecule has 2 amide bonds. The number of amides is 2. The molecule has 0 aliphatic heterocycles. The van der Waals surface area contributed by atoms with E-state index >= 15 is 0 Å². The van der Waals surface area contributed by atoms with Crippen LogP contribution in [-0.4, -0.2) is 35.4 Å². The van der Waals surface area contributed by atoms with Crippen molar-refractivity contribution in [2.24, 2.45) is 0 Å². The van der Waals surface area contributed by atoms with Gasteiger partial charge in [0.2, 0.25) is 5.91 Å². The van der Waals surface area contributed by atoms with E-state index < -0.39 is 6.04 Å². The molecule has 0 unspecified atom stereocenters. The van der Waals surface area contributed by atoms with Crippen LogP contribution in [-0.2, 0) is 16.1 Å². The molecule has 0 aromatic heterocycles. The Labute approximate surface area is 184 Å². The van der Waals surface area contributed by atoms with Crippen LogP contribution in [0.15, 0.2) is 48.5 Å². The van der Waals surface area contributed by atoms with E-state index in [2.05, 4.69) is 5.32 Å². The van der Waals surface area contributed by atoms with Gasteiger partial charge in [-0.2, -0.15) is 0 Å². The first-order valence-corrected chi connectivity index (χ1v) is 10.8. The summed E-state index contributed by atoms with van der Waals surface area (Å²) in [4.78, 5) is 27.6. The van der Waals surface area contributed by atoms with Gasteiger partial charge in [-0.15, -0.1) is 0 Å². The highest BCUT2D eigenvalue weighted by Gasteiger charge is 2.29. The molecule has 0 aliphatic carbocycles. The van der Waals surface area contributed by atoms with E-state index in [1.807, 2.05) is 52.0 Å². The lowest BCUT2D eigenvalue weighted by molar-refractivity contribution is -0.143. The van der Waals surface area contributed by atoms with Gasteiger partial charge in [0.05, 0.1) is 5.02 Å². The predicted molar refractivity (Wildman–Crippen MR) is 121 cm³/mol. The monoisotopic (exact) mass is 430 g/mol. The average molecular weight is 431 g/mol. The average Bonchev–Trinajstić information content (AvgIpc) is 2.74. The highest BCUT2D eigenvalue weighted by Crippen LogP contribution is 2.23. The maximum Gasteiger partial charge on any atom is 0.261 e. The molecular weight excluding hydrogens is 400 g/mol. The summed E-state index contributed by atoms with van der Waals surface area (Å²) in [6, 6.07) is 14.4. The number of ether oxygens (including phenoxy) is 1. The third-order valence-electron chi connectivity index (χ3n) is 5.05. The Kier molecular flexibility index (Phi) is 9.18. The summed E-state index contributed by atoms with van der Waals surface area (Å²) in [6.07, 6.45) is 1.33. The first-order valence-electron chi connectivity index (χ1n) is 10.4. The molecule has 5 nitrogen and oxygen atoms in total. The summed E-state index contributed by atoms with van der Waals surface area (Å²) in [5, 5.41) is 3.44. The Hall–Kier alpha value is -2.53. The molecule has 0 aliphatic rings. The predicted octanol–water partition coefficient (Wildman–Crippen LogP) is 4.75. The Bertz CT molecular complexity index is 839. The lowest BCUT2D eigenvalue weighted by atomic mass is 10.1. The van der Waals surface area contributed by atoms with Crippen molar-refractivity contribution in [2.45, 2.75) is 59.2 Å². The summed E-state index contributed by atoms with van der Waals surface area (Å²) in [5.41, 5.74) is 2.10. The van der Waals surface area contributed by atoms with Crippen molar-refractivity contribution < 1.29 is 14.3 Å². The SMILES string of the molecule is CC[C@H](C(=O)N[C@@H](C)CC)N(Cc1ccc(C)cc1)C(=O)COc1ccccc1Cl. The van der Waals surface area contributed by atoms with Gasteiger partial charge in [-0.05, 0) is 44.4 Å². The zero-order valence-electron chi connectivity index (χ0n) is 18.2. The molecule has 0 spiro atoms. The highest BCUT2D eigenvalue weighted by atomic mass is 35.5. The Morgan fingerprint density at radius 2 is 1.73 bits per heavy atom. The van der Waals surface area contributed by atoms with Crippen LogP contribution in [0.4, 0.5) is 0 Å². The maximum atomic E-state index is 13.1. The quantitative estimate of drug-likeness (QED) is 0.591. The molecule has 2 aromatic rings. The molecule has 2 atom stereocenters. The molecule has 0 saturated carbocycles. The van der Waals surface area contributed by atoms with Crippen LogP contribution in [0.3, 0.4) is 0 Å². The van der Waals surface area contributed by atoms with Gasteiger partial charge in [0.15, 0.2) is 6.61 Å². The van der Waals surface area contributed by atoms with E-state index in [9.17, 15) is 9.59 Å². The van der Waals surface area contributed by atoms with Gasteiger partial charge in [-0.1, -0.05) is 67.4 Å². The summed E-state index contributed by atoms with van der Waals surface area (Å²) >= 11 is 6.13. The van der Waals surface area contributed by atoms with E-state index in [1.54, 1.807) is 29.2 Å². The van der Waals surface area contributed by atoms with Crippen molar-refractivity contribution in [3.8, 4) is 5.75 Å². The zero-order valence-corrected chi connectivity index (χ0v) is 18.9. The van der Waals surface area contributed by atoms with Crippen LogP contribution in [0.2, 0.25) is 5.02 Å². The number of rotatable bonds is 10. The van der Waals surface area contributed by atoms with E-state index in [4.69, 9.17) is 16.3 Å². The van der Waals surface area contributed by atoms with Gasteiger partial charge >= 0.3 is 0 Å². The lowest BCUT2D eigenvalue weighted by Gasteiger charge is -2.31. The Morgan fingerprint density at radius 3 is 2.33 bits per heavy atom. The number of benzene rings is 2. The molecule has 0 heterocycles. The fraction of sp³-hybridized carbons (Fsp3) is 0.417. The minimum absolute atomic E-state index is 0.0438. The molecule has 0 radical (unpaired) electrons. The molecule has 162 valence electrons. The van der Waals surface area contributed by atoms with Gasteiger partial charge in [-0.3, -0.25) is 9.59 Å². The smallest absolute Gasteiger partial charge is 0.261 e. The summed E-state index contributed by atoms with van der Waals surface area (Å²) in [7, 11) is 0.